The summed E-state index contributed by atoms with van der Waals surface area (Å²) >= 11 is 6.44. The highest BCUT2D eigenvalue weighted by Crippen LogP contribution is 2.33. The van der Waals surface area contributed by atoms with E-state index in [9.17, 15) is 4.79 Å². The molecule has 5 rings (SSSR count). The summed E-state index contributed by atoms with van der Waals surface area (Å²) in [4.78, 5) is 24.7. The van der Waals surface area contributed by atoms with Crippen molar-refractivity contribution in [2.24, 2.45) is 11.7 Å². The molecule has 0 spiro atoms. The number of nitrogens with one attached hydrogen (secondary N) is 1. The fraction of sp³-hybridized carbons (Fsp3) is 0.200. The van der Waals surface area contributed by atoms with E-state index in [1.165, 1.54) is 12.8 Å². The predicted octanol–water partition coefficient (Wildman–Crippen LogP) is 4.89. The van der Waals surface area contributed by atoms with Crippen LogP contribution in [0, 0.1) is 5.92 Å². The van der Waals surface area contributed by atoms with Gasteiger partial charge in [-0.1, -0.05) is 17.7 Å². The molecule has 4 aromatic rings. The van der Waals surface area contributed by atoms with Crippen LogP contribution in [-0.2, 0) is 6.61 Å². The maximum absolute atomic E-state index is 11.8. The Labute approximate surface area is 201 Å². The summed E-state index contributed by atoms with van der Waals surface area (Å²) in [6, 6.07) is 16.4. The van der Waals surface area contributed by atoms with E-state index in [0.717, 1.165) is 11.1 Å². The van der Waals surface area contributed by atoms with Crippen LogP contribution < -0.4 is 20.5 Å². The van der Waals surface area contributed by atoms with Gasteiger partial charge in [0.1, 0.15) is 23.9 Å². The molecule has 8 nitrogen and oxygen atoms in total. The molecule has 0 saturated heterocycles. The number of aromatic nitrogens is 3. The number of carbonyl (C=O) groups is 1. The Morgan fingerprint density at radius 2 is 1.97 bits per heavy atom. The SMILES string of the molecule is NC(=O)c1nc(Nc2ccc(OCc3ccccn3)c(Cl)c2)c2ccc(OCC3CC3)cc2n1. The fourth-order valence-electron chi connectivity index (χ4n) is 3.37. The molecule has 0 bridgehead atoms. The van der Waals surface area contributed by atoms with Crippen molar-refractivity contribution >= 4 is 39.9 Å². The first kappa shape index (κ1) is 21.9. The van der Waals surface area contributed by atoms with Crippen molar-refractivity contribution in [3.63, 3.8) is 0 Å². The van der Waals surface area contributed by atoms with Gasteiger partial charge in [0.25, 0.3) is 5.91 Å². The van der Waals surface area contributed by atoms with Crippen molar-refractivity contribution < 1.29 is 14.3 Å². The monoisotopic (exact) mass is 475 g/mol. The number of anilines is 2. The number of benzene rings is 2. The zero-order valence-electron chi connectivity index (χ0n) is 18.2. The maximum atomic E-state index is 11.8. The Balaban J connectivity index is 1.38. The van der Waals surface area contributed by atoms with Crippen LogP contribution in [0.4, 0.5) is 11.5 Å². The molecule has 1 fully saturated rings. The number of carbonyl (C=O) groups excluding carboxylic acids is 1. The first-order valence-corrected chi connectivity index (χ1v) is 11.3. The summed E-state index contributed by atoms with van der Waals surface area (Å²) in [6.07, 6.45) is 4.11. The molecule has 0 unspecified atom stereocenters. The smallest absolute Gasteiger partial charge is 0.286 e. The Kier molecular flexibility index (Phi) is 6.14. The molecule has 9 heteroatoms. The third-order valence-corrected chi connectivity index (χ3v) is 5.66. The normalized spacial score (nSPS) is 13.0. The van der Waals surface area contributed by atoms with Gasteiger partial charge in [0, 0.05) is 23.3 Å². The summed E-state index contributed by atoms with van der Waals surface area (Å²) in [6.45, 7) is 0.981. The van der Waals surface area contributed by atoms with Crippen LogP contribution >= 0.6 is 11.6 Å². The Morgan fingerprint density at radius 1 is 1.09 bits per heavy atom. The van der Waals surface area contributed by atoms with Gasteiger partial charge in [0.15, 0.2) is 0 Å². The van der Waals surface area contributed by atoms with Crippen molar-refractivity contribution in [2.75, 3.05) is 11.9 Å². The van der Waals surface area contributed by atoms with Crippen LogP contribution in [0.25, 0.3) is 10.9 Å². The van der Waals surface area contributed by atoms with Crippen molar-refractivity contribution in [1.29, 1.82) is 0 Å². The summed E-state index contributed by atoms with van der Waals surface area (Å²) in [5, 5.41) is 4.35. The lowest BCUT2D eigenvalue weighted by molar-refractivity contribution is 0.0991. The molecule has 0 radical (unpaired) electrons. The highest BCUT2D eigenvalue weighted by molar-refractivity contribution is 6.32. The number of halogens is 1. The lowest BCUT2D eigenvalue weighted by atomic mass is 10.2. The second-order valence-corrected chi connectivity index (χ2v) is 8.48. The molecule has 0 aliphatic heterocycles. The van der Waals surface area contributed by atoms with Crippen molar-refractivity contribution in [3.8, 4) is 11.5 Å². The molecule has 1 aliphatic carbocycles. The van der Waals surface area contributed by atoms with E-state index >= 15 is 0 Å². The van der Waals surface area contributed by atoms with Crippen LogP contribution in [0.5, 0.6) is 11.5 Å². The van der Waals surface area contributed by atoms with Gasteiger partial charge >= 0.3 is 0 Å². The first-order valence-electron chi connectivity index (χ1n) is 10.9. The summed E-state index contributed by atoms with van der Waals surface area (Å²) in [5.41, 5.74) is 7.49. The summed E-state index contributed by atoms with van der Waals surface area (Å²) < 4.78 is 11.6. The zero-order chi connectivity index (χ0) is 23.5. The lowest BCUT2D eigenvalue weighted by Crippen LogP contribution is -2.16. The molecular weight excluding hydrogens is 454 g/mol. The number of fused-ring (bicyclic) bond motifs is 1. The molecule has 3 N–H and O–H groups in total. The minimum Gasteiger partial charge on any atom is -0.493 e. The van der Waals surface area contributed by atoms with E-state index in [2.05, 4.69) is 20.3 Å². The summed E-state index contributed by atoms with van der Waals surface area (Å²) in [5.74, 6) is 1.48. The largest absolute Gasteiger partial charge is 0.493 e. The predicted molar refractivity (Wildman–Crippen MR) is 130 cm³/mol. The highest BCUT2D eigenvalue weighted by Gasteiger charge is 2.22. The molecule has 1 saturated carbocycles. The van der Waals surface area contributed by atoms with Crippen molar-refractivity contribution in [1.82, 2.24) is 15.0 Å². The minimum absolute atomic E-state index is 0.0873. The van der Waals surface area contributed by atoms with Crippen LogP contribution in [-0.4, -0.2) is 27.5 Å². The van der Waals surface area contributed by atoms with Gasteiger partial charge in [-0.15, -0.1) is 0 Å². The quantitative estimate of drug-likeness (QED) is 0.354. The lowest BCUT2D eigenvalue weighted by Gasteiger charge is -2.13. The van der Waals surface area contributed by atoms with Gasteiger partial charge in [-0.2, -0.15) is 0 Å². The minimum atomic E-state index is -0.717. The molecule has 172 valence electrons. The van der Waals surface area contributed by atoms with E-state index in [0.29, 0.717) is 52.7 Å². The Bertz CT molecular complexity index is 1350. The van der Waals surface area contributed by atoms with E-state index in [-0.39, 0.29) is 5.82 Å². The molecule has 1 aliphatic rings. The highest BCUT2D eigenvalue weighted by atomic mass is 35.5. The number of rotatable bonds is 9. The number of hydrogen-bond acceptors (Lipinski definition) is 7. The second kappa shape index (κ2) is 9.52. The van der Waals surface area contributed by atoms with Crippen LogP contribution in [0.1, 0.15) is 29.2 Å². The Morgan fingerprint density at radius 3 is 2.71 bits per heavy atom. The maximum Gasteiger partial charge on any atom is 0.286 e. The summed E-state index contributed by atoms with van der Waals surface area (Å²) in [7, 11) is 0. The van der Waals surface area contributed by atoms with Crippen LogP contribution in [0.3, 0.4) is 0 Å². The third kappa shape index (κ3) is 5.18. The van der Waals surface area contributed by atoms with Gasteiger partial charge in [0.2, 0.25) is 5.82 Å². The standard InChI is InChI=1S/C25H22ClN5O3/c26-20-11-16(6-9-22(20)34-14-17-3-1-2-10-28-17)29-24-19-8-7-18(33-13-15-4-5-15)12-21(19)30-25(31-24)23(27)32/h1-3,6-12,15H,4-5,13-14H2,(H2,27,32)(H,29,30,31). The van der Waals surface area contributed by atoms with Crippen LogP contribution in [0.15, 0.2) is 60.8 Å². The molecule has 2 aromatic carbocycles. The van der Waals surface area contributed by atoms with E-state index in [4.69, 9.17) is 26.8 Å². The average molecular weight is 476 g/mol. The number of nitrogens with two attached hydrogens (primary N) is 1. The number of ether oxygens (including phenoxy) is 2. The topological polar surface area (TPSA) is 112 Å². The van der Waals surface area contributed by atoms with Gasteiger partial charge in [-0.25, -0.2) is 9.97 Å². The van der Waals surface area contributed by atoms with Crippen LogP contribution in [0.2, 0.25) is 5.02 Å². The average Bonchev–Trinajstić information content (AvgIpc) is 3.67. The number of nitrogens with zero attached hydrogens (tertiary/aromatic N) is 3. The van der Waals surface area contributed by atoms with Crippen molar-refractivity contribution in [2.45, 2.75) is 19.4 Å². The zero-order valence-corrected chi connectivity index (χ0v) is 19.0. The van der Waals surface area contributed by atoms with Gasteiger partial charge < -0.3 is 20.5 Å². The van der Waals surface area contributed by atoms with Gasteiger partial charge in [-0.3, -0.25) is 9.78 Å². The number of hydrogen-bond donors (Lipinski definition) is 2. The van der Waals surface area contributed by atoms with E-state index in [1.807, 2.05) is 36.4 Å². The van der Waals surface area contributed by atoms with Crippen molar-refractivity contribution in [3.05, 3.63) is 77.3 Å². The van der Waals surface area contributed by atoms with Gasteiger partial charge in [0.05, 0.1) is 22.8 Å². The Hall–Kier alpha value is -3.91. The molecular formula is C25H22ClN5O3. The first-order chi connectivity index (χ1) is 16.5. The second-order valence-electron chi connectivity index (χ2n) is 8.07. The molecule has 0 atom stereocenters. The van der Waals surface area contributed by atoms with E-state index in [1.54, 1.807) is 24.4 Å². The third-order valence-electron chi connectivity index (χ3n) is 5.37. The molecule has 2 aromatic heterocycles. The van der Waals surface area contributed by atoms with E-state index < -0.39 is 5.91 Å². The fourth-order valence-corrected chi connectivity index (χ4v) is 3.61. The van der Waals surface area contributed by atoms with Gasteiger partial charge in [-0.05, 0) is 61.2 Å². The number of pyridine rings is 1. The number of amides is 1. The number of primary amides is 1. The molecule has 2 heterocycles. The molecule has 1 amide bonds. The molecule has 34 heavy (non-hydrogen) atoms.